The Labute approximate surface area is 110 Å². The number of anilines is 1. The van der Waals surface area contributed by atoms with E-state index in [1.165, 1.54) is 14.2 Å². The molecule has 0 aliphatic heterocycles. The van der Waals surface area contributed by atoms with Crippen LogP contribution in [0.1, 0.15) is 11.4 Å². The van der Waals surface area contributed by atoms with Crippen molar-refractivity contribution in [2.75, 3.05) is 20.0 Å². The molecule has 7 nitrogen and oxygen atoms in total. The number of hydrogen-bond donors (Lipinski definition) is 1. The summed E-state index contributed by atoms with van der Waals surface area (Å²) in [4.78, 5) is 8.33. The molecular formula is C12H15N5O2. The molecule has 0 atom stereocenters. The molecule has 0 fully saturated rings. The molecule has 0 spiro atoms. The highest BCUT2D eigenvalue weighted by atomic mass is 16.5. The molecule has 2 aromatic rings. The van der Waals surface area contributed by atoms with Crippen LogP contribution in [0, 0.1) is 13.8 Å². The third kappa shape index (κ3) is 2.40. The molecule has 2 rings (SSSR count). The zero-order valence-electron chi connectivity index (χ0n) is 11.3. The minimum Gasteiger partial charge on any atom is -0.480 e. The fourth-order valence-electron chi connectivity index (χ4n) is 1.92. The third-order valence-electron chi connectivity index (χ3n) is 2.70. The molecule has 0 radical (unpaired) electrons. The number of aryl methyl sites for hydroxylation is 2. The van der Waals surface area contributed by atoms with Gasteiger partial charge in [-0.05, 0) is 13.8 Å². The van der Waals surface area contributed by atoms with Gasteiger partial charge in [0.1, 0.15) is 0 Å². The quantitative estimate of drug-likeness (QED) is 0.885. The largest absolute Gasteiger partial charge is 0.480 e. The van der Waals surface area contributed by atoms with Crippen LogP contribution in [0.15, 0.2) is 6.07 Å². The number of nitrogens with two attached hydrogens (primary N) is 1. The summed E-state index contributed by atoms with van der Waals surface area (Å²) in [5.41, 5.74) is 8.67. The van der Waals surface area contributed by atoms with E-state index in [9.17, 15) is 0 Å². The molecule has 2 aromatic heterocycles. The predicted molar refractivity (Wildman–Crippen MR) is 70.0 cm³/mol. The lowest BCUT2D eigenvalue weighted by Crippen LogP contribution is -2.04. The molecule has 0 amide bonds. The van der Waals surface area contributed by atoms with Crippen LogP contribution in [-0.2, 0) is 0 Å². The zero-order valence-corrected chi connectivity index (χ0v) is 11.3. The molecule has 0 aliphatic carbocycles. The van der Waals surface area contributed by atoms with E-state index in [2.05, 4.69) is 20.2 Å². The van der Waals surface area contributed by atoms with Gasteiger partial charge in [0.15, 0.2) is 0 Å². The molecular weight excluding hydrogens is 246 g/mol. The molecule has 2 heterocycles. The molecule has 2 N–H and O–H groups in total. The minimum absolute atomic E-state index is 0.242. The number of hydrogen-bond acceptors (Lipinski definition) is 7. The minimum atomic E-state index is 0.242. The SMILES string of the molecule is COc1cc(-c2c(C)nc(N)nc2C)c(OC)nn1. The van der Waals surface area contributed by atoms with E-state index in [0.717, 1.165) is 22.5 Å². The van der Waals surface area contributed by atoms with Crippen LogP contribution in [0.5, 0.6) is 11.8 Å². The summed E-state index contributed by atoms with van der Waals surface area (Å²) in [6, 6.07) is 1.74. The molecule has 0 bridgehead atoms. The molecule has 19 heavy (non-hydrogen) atoms. The second-order valence-electron chi connectivity index (χ2n) is 3.94. The zero-order chi connectivity index (χ0) is 14.0. The number of methoxy groups -OCH3 is 2. The second-order valence-corrected chi connectivity index (χ2v) is 3.94. The summed E-state index contributed by atoms with van der Waals surface area (Å²) in [5.74, 6) is 1.03. The van der Waals surface area contributed by atoms with Crippen LogP contribution in [-0.4, -0.2) is 34.4 Å². The number of rotatable bonds is 3. The van der Waals surface area contributed by atoms with Crippen LogP contribution in [0.4, 0.5) is 5.95 Å². The standard InChI is InChI=1S/C12H15N5O2/c1-6-10(7(2)15-12(13)14-6)8-5-9(18-3)16-17-11(8)19-4/h5H,1-4H3,(H2,13,14,15). The summed E-state index contributed by atoms with van der Waals surface area (Å²) < 4.78 is 10.3. The Bertz CT molecular complexity index is 592. The van der Waals surface area contributed by atoms with Crippen molar-refractivity contribution in [3.05, 3.63) is 17.5 Å². The van der Waals surface area contributed by atoms with Crippen LogP contribution < -0.4 is 15.2 Å². The fourth-order valence-corrected chi connectivity index (χ4v) is 1.92. The van der Waals surface area contributed by atoms with E-state index in [1.807, 2.05) is 13.8 Å². The lowest BCUT2D eigenvalue weighted by atomic mass is 10.0. The predicted octanol–water partition coefficient (Wildman–Crippen LogP) is 1.15. The topological polar surface area (TPSA) is 96.0 Å². The fraction of sp³-hybridized carbons (Fsp3) is 0.333. The van der Waals surface area contributed by atoms with E-state index in [-0.39, 0.29) is 5.95 Å². The van der Waals surface area contributed by atoms with Gasteiger partial charge in [0.2, 0.25) is 17.7 Å². The van der Waals surface area contributed by atoms with Gasteiger partial charge in [-0.25, -0.2) is 9.97 Å². The van der Waals surface area contributed by atoms with Gasteiger partial charge >= 0.3 is 0 Å². The smallest absolute Gasteiger partial charge is 0.241 e. The van der Waals surface area contributed by atoms with Crippen LogP contribution >= 0.6 is 0 Å². The summed E-state index contributed by atoms with van der Waals surface area (Å²) in [6.45, 7) is 3.71. The van der Waals surface area contributed by atoms with Crippen molar-refractivity contribution in [1.29, 1.82) is 0 Å². The van der Waals surface area contributed by atoms with E-state index in [4.69, 9.17) is 15.2 Å². The first kappa shape index (κ1) is 13.0. The molecule has 0 saturated carbocycles. The van der Waals surface area contributed by atoms with E-state index in [1.54, 1.807) is 6.07 Å². The third-order valence-corrected chi connectivity index (χ3v) is 2.70. The van der Waals surface area contributed by atoms with Crippen molar-refractivity contribution in [2.24, 2.45) is 0 Å². The Morgan fingerprint density at radius 1 is 1.00 bits per heavy atom. The Morgan fingerprint density at radius 2 is 1.63 bits per heavy atom. The van der Waals surface area contributed by atoms with Gasteiger partial charge in [-0.2, -0.15) is 0 Å². The van der Waals surface area contributed by atoms with Gasteiger partial charge in [0.25, 0.3) is 0 Å². The molecule has 0 saturated heterocycles. The van der Waals surface area contributed by atoms with Crippen molar-refractivity contribution in [1.82, 2.24) is 20.2 Å². The van der Waals surface area contributed by atoms with Crippen LogP contribution in [0.2, 0.25) is 0 Å². The average Bonchev–Trinajstić information content (AvgIpc) is 2.37. The van der Waals surface area contributed by atoms with Gasteiger partial charge in [0, 0.05) is 11.6 Å². The van der Waals surface area contributed by atoms with Crippen molar-refractivity contribution in [3.8, 4) is 22.9 Å². The first-order valence-electron chi connectivity index (χ1n) is 5.63. The number of nitrogens with zero attached hydrogens (tertiary/aromatic N) is 4. The van der Waals surface area contributed by atoms with E-state index >= 15 is 0 Å². The Balaban J connectivity index is 2.70. The first-order valence-corrected chi connectivity index (χ1v) is 5.63. The maximum Gasteiger partial charge on any atom is 0.241 e. The van der Waals surface area contributed by atoms with Gasteiger partial charge in [-0.15, -0.1) is 10.2 Å². The van der Waals surface area contributed by atoms with Gasteiger partial charge in [0.05, 0.1) is 31.2 Å². The lowest BCUT2D eigenvalue weighted by Gasteiger charge is -2.12. The van der Waals surface area contributed by atoms with Crippen LogP contribution in [0.25, 0.3) is 11.1 Å². The first-order chi connectivity index (χ1) is 9.06. The van der Waals surface area contributed by atoms with Crippen LogP contribution in [0.3, 0.4) is 0 Å². The summed E-state index contributed by atoms with van der Waals surface area (Å²) in [7, 11) is 3.06. The van der Waals surface area contributed by atoms with Crippen molar-refractivity contribution in [2.45, 2.75) is 13.8 Å². The number of ether oxygens (including phenoxy) is 2. The van der Waals surface area contributed by atoms with Gasteiger partial charge in [-0.1, -0.05) is 0 Å². The van der Waals surface area contributed by atoms with Gasteiger partial charge in [-0.3, -0.25) is 0 Å². The highest BCUT2D eigenvalue weighted by molar-refractivity contribution is 5.73. The molecule has 7 heteroatoms. The molecule has 0 aliphatic rings. The highest BCUT2D eigenvalue weighted by Crippen LogP contribution is 2.33. The maximum atomic E-state index is 5.63. The molecule has 0 aromatic carbocycles. The molecule has 100 valence electrons. The van der Waals surface area contributed by atoms with Crippen molar-refractivity contribution in [3.63, 3.8) is 0 Å². The second kappa shape index (κ2) is 5.05. The number of nitrogen functional groups attached to an aromatic ring is 1. The molecule has 0 unspecified atom stereocenters. The monoisotopic (exact) mass is 261 g/mol. The number of aromatic nitrogens is 4. The Kier molecular flexibility index (Phi) is 3.46. The normalized spacial score (nSPS) is 10.3. The summed E-state index contributed by atoms with van der Waals surface area (Å²) in [6.07, 6.45) is 0. The Hall–Kier alpha value is -2.44. The van der Waals surface area contributed by atoms with E-state index < -0.39 is 0 Å². The summed E-state index contributed by atoms with van der Waals surface area (Å²) >= 11 is 0. The Morgan fingerprint density at radius 3 is 2.16 bits per heavy atom. The van der Waals surface area contributed by atoms with Crippen molar-refractivity contribution < 1.29 is 9.47 Å². The maximum absolute atomic E-state index is 5.63. The average molecular weight is 261 g/mol. The lowest BCUT2D eigenvalue weighted by molar-refractivity contribution is 0.369. The van der Waals surface area contributed by atoms with Crippen molar-refractivity contribution >= 4 is 5.95 Å². The van der Waals surface area contributed by atoms with E-state index in [0.29, 0.717) is 11.8 Å². The summed E-state index contributed by atoms with van der Waals surface area (Å²) in [5, 5.41) is 7.83. The van der Waals surface area contributed by atoms with Gasteiger partial charge < -0.3 is 15.2 Å². The highest BCUT2D eigenvalue weighted by Gasteiger charge is 2.17.